The molecule has 18 heavy (non-hydrogen) atoms. The molecule has 4 heteroatoms. The lowest BCUT2D eigenvalue weighted by Crippen LogP contribution is -2.20. The Morgan fingerprint density at radius 3 is 2.83 bits per heavy atom. The maximum atomic E-state index is 11.0. The lowest BCUT2D eigenvalue weighted by Gasteiger charge is -2.17. The van der Waals surface area contributed by atoms with Crippen LogP contribution in [0.25, 0.3) is 0 Å². The van der Waals surface area contributed by atoms with Crippen LogP contribution in [0.3, 0.4) is 0 Å². The van der Waals surface area contributed by atoms with Gasteiger partial charge in [-0.25, -0.2) is 9.78 Å². The smallest absolute Gasteiger partial charge is 0.335 e. The first-order valence-electron chi connectivity index (χ1n) is 6.57. The number of rotatable bonds is 6. The summed E-state index contributed by atoms with van der Waals surface area (Å²) < 4.78 is 0. The van der Waals surface area contributed by atoms with Crippen LogP contribution in [0, 0.1) is 12.8 Å². The van der Waals surface area contributed by atoms with Crippen LogP contribution in [0.15, 0.2) is 12.1 Å². The van der Waals surface area contributed by atoms with E-state index < -0.39 is 5.97 Å². The van der Waals surface area contributed by atoms with E-state index in [9.17, 15) is 4.79 Å². The molecule has 0 radical (unpaired) electrons. The molecule has 0 bridgehead atoms. The van der Waals surface area contributed by atoms with Crippen molar-refractivity contribution < 1.29 is 9.90 Å². The highest BCUT2D eigenvalue weighted by Crippen LogP contribution is 2.34. The van der Waals surface area contributed by atoms with Crippen molar-refractivity contribution in [2.24, 2.45) is 5.92 Å². The third-order valence-corrected chi connectivity index (χ3v) is 3.36. The van der Waals surface area contributed by atoms with Crippen LogP contribution in [0.5, 0.6) is 0 Å². The molecular weight excluding hydrogens is 228 g/mol. The maximum Gasteiger partial charge on any atom is 0.335 e. The lowest BCUT2D eigenvalue weighted by molar-refractivity contribution is 0.0696. The number of carboxylic acid groups (broad SMARTS) is 1. The van der Waals surface area contributed by atoms with Gasteiger partial charge >= 0.3 is 5.97 Å². The molecule has 4 nitrogen and oxygen atoms in total. The number of hydrogen-bond donors (Lipinski definition) is 2. The summed E-state index contributed by atoms with van der Waals surface area (Å²) in [7, 11) is 0. The van der Waals surface area contributed by atoms with Gasteiger partial charge in [-0.3, -0.25) is 0 Å². The second kappa shape index (κ2) is 5.38. The Bertz CT molecular complexity index is 441. The third-order valence-electron chi connectivity index (χ3n) is 3.36. The fourth-order valence-corrected chi connectivity index (χ4v) is 2.16. The van der Waals surface area contributed by atoms with E-state index in [1.807, 2.05) is 6.92 Å². The molecule has 1 unspecified atom stereocenters. The molecule has 1 fully saturated rings. The first-order chi connectivity index (χ1) is 8.58. The monoisotopic (exact) mass is 248 g/mol. The third kappa shape index (κ3) is 3.45. The molecule has 1 aromatic rings. The summed E-state index contributed by atoms with van der Waals surface area (Å²) in [6.07, 6.45) is 4.86. The SMILES string of the molecule is CCC(CC1CC1)Nc1cc(C(=O)O)cc(C)n1. The van der Waals surface area contributed by atoms with Crippen LogP contribution in [0.2, 0.25) is 0 Å². The standard InChI is InChI=1S/C14H20N2O2/c1-3-12(7-10-4-5-10)16-13-8-11(14(17)18)6-9(2)15-13/h6,8,10,12H,3-5,7H2,1-2H3,(H,15,16)(H,17,18). The molecule has 1 saturated carbocycles. The number of pyridine rings is 1. The zero-order valence-corrected chi connectivity index (χ0v) is 10.9. The predicted molar refractivity (Wildman–Crippen MR) is 71.0 cm³/mol. The highest BCUT2D eigenvalue weighted by Gasteiger charge is 2.24. The molecule has 98 valence electrons. The van der Waals surface area contributed by atoms with E-state index in [4.69, 9.17) is 5.11 Å². The molecule has 0 aromatic carbocycles. The number of nitrogens with zero attached hydrogens (tertiary/aromatic N) is 1. The van der Waals surface area contributed by atoms with Crippen molar-refractivity contribution in [1.82, 2.24) is 4.98 Å². The summed E-state index contributed by atoms with van der Waals surface area (Å²) in [6.45, 7) is 3.97. The lowest BCUT2D eigenvalue weighted by atomic mass is 10.1. The van der Waals surface area contributed by atoms with Crippen LogP contribution in [-0.2, 0) is 0 Å². The topological polar surface area (TPSA) is 62.2 Å². The normalized spacial score (nSPS) is 16.3. The summed E-state index contributed by atoms with van der Waals surface area (Å²) >= 11 is 0. The number of aryl methyl sites for hydroxylation is 1. The molecule has 1 aromatic heterocycles. The Labute approximate surface area is 107 Å². The molecule has 0 amide bonds. The van der Waals surface area contributed by atoms with E-state index in [2.05, 4.69) is 17.2 Å². The van der Waals surface area contributed by atoms with Gasteiger partial charge in [0.05, 0.1) is 5.56 Å². The van der Waals surface area contributed by atoms with Gasteiger partial charge in [0, 0.05) is 11.7 Å². The van der Waals surface area contributed by atoms with Crippen molar-refractivity contribution in [3.8, 4) is 0 Å². The van der Waals surface area contributed by atoms with Gasteiger partial charge in [0.25, 0.3) is 0 Å². The Morgan fingerprint density at radius 2 is 2.28 bits per heavy atom. The zero-order valence-electron chi connectivity index (χ0n) is 10.9. The molecule has 2 rings (SSSR count). The average Bonchev–Trinajstić information content (AvgIpc) is 3.11. The Morgan fingerprint density at radius 1 is 1.56 bits per heavy atom. The van der Waals surface area contributed by atoms with Crippen molar-refractivity contribution >= 4 is 11.8 Å². The van der Waals surface area contributed by atoms with Gasteiger partial charge in [-0.15, -0.1) is 0 Å². The zero-order chi connectivity index (χ0) is 13.1. The summed E-state index contributed by atoms with van der Waals surface area (Å²) in [5, 5.41) is 12.4. The number of aromatic carboxylic acids is 1. The van der Waals surface area contributed by atoms with Crippen molar-refractivity contribution in [3.63, 3.8) is 0 Å². The minimum absolute atomic E-state index is 0.297. The van der Waals surface area contributed by atoms with Gasteiger partial charge in [-0.05, 0) is 37.8 Å². The van der Waals surface area contributed by atoms with Gasteiger partial charge in [0.1, 0.15) is 5.82 Å². The molecule has 1 atom stereocenters. The van der Waals surface area contributed by atoms with Gasteiger partial charge in [0.15, 0.2) is 0 Å². The number of hydrogen-bond acceptors (Lipinski definition) is 3. The Hall–Kier alpha value is -1.58. The van der Waals surface area contributed by atoms with Gasteiger partial charge in [-0.2, -0.15) is 0 Å². The first-order valence-corrected chi connectivity index (χ1v) is 6.57. The molecule has 0 spiro atoms. The largest absolute Gasteiger partial charge is 0.478 e. The van der Waals surface area contributed by atoms with Crippen LogP contribution < -0.4 is 5.32 Å². The van der Waals surface area contributed by atoms with Gasteiger partial charge < -0.3 is 10.4 Å². The molecule has 1 heterocycles. The van der Waals surface area contributed by atoms with E-state index in [0.29, 0.717) is 17.4 Å². The molecule has 0 aliphatic heterocycles. The highest BCUT2D eigenvalue weighted by molar-refractivity contribution is 5.88. The number of carboxylic acids is 1. The van der Waals surface area contributed by atoms with E-state index in [0.717, 1.165) is 24.5 Å². The second-order valence-electron chi connectivity index (χ2n) is 5.12. The number of anilines is 1. The fraction of sp³-hybridized carbons (Fsp3) is 0.571. The van der Waals surface area contributed by atoms with Crippen LogP contribution in [-0.4, -0.2) is 22.1 Å². The minimum Gasteiger partial charge on any atom is -0.478 e. The highest BCUT2D eigenvalue weighted by atomic mass is 16.4. The van der Waals surface area contributed by atoms with E-state index >= 15 is 0 Å². The average molecular weight is 248 g/mol. The van der Waals surface area contributed by atoms with Crippen LogP contribution in [0.1, 0.15) is 48.7 Å². The van der Waals surface area contributed by atoms with E-state index in [-0.39, 0.29) is 0 Å². The number of nitrogens with one attached hydrogen (secondary N) is 1. The van der Waals surface area contributed by atoms with Crippen molar-refractivity contribution in [2.45, 2.75) is 45.6 Å². The van der Waals surface area contributed by atoms with Crippen molar-refractivity contribution in [1.29, 1.82) is 0 Å². The molecule has 0 saturated heterocycles. The number of aromatic nitrogens is 1. The maximum absolute atomic E-state index is 11.0. The van der Waals surface area contributed by atoms with Crippen LogP contribution >= 0.6 is 0 Å². The van der Waals surface area contributed by atoms with Crippen molar-refractivity contribution in [3.05, 3.63) is 23.4 Å². The quantitative estimate of drug-likeness (QED) is 0.812. The Kier molecular flexibility index (Phi) is 3.84. The predicted octanol–water partition coefficient (Wildman–Crippen LogP) is 3.08. The van der Waals surface area contributed by atoms with E-state index in [1.165, 1.54) is 12.8 Å². The van der Waals surface area contributed by atoms with Gasteiger partial charge in [-0.1, -0.05) is 19.8 Å². The Balaban J connectivity index is 2.08. The first kappa shape index (κ1) is 12.9. The summed E-state index contributed by atoms with van der Waals surface area (Å²) in [5.74, 6) is 0.630. The summed E-state index contributed by atoms with van der Waals surface area (Å²) in [6, 6.07) is 3.61. The molecule has 1 aliphatic rings. The minimum atomic E-state index is -0.904. The molecular formula is C14H20N2O2. The van der Waals surface area contributed by atoms with Crippen LogP contribution in [0.4, 0.5) is 5.82 Å². The second-order valence-corrected chi connectivity index (χ2v) is 5.12. The van der Waals surface area contributed by atoms with Gasteiger partial charge in [0.2, 0.25) is 0 Å². The molecule has 1 aliphatic carbocycles. The fourth-order valence-electron chi connectivity index (χ4n) is 2.16. The molecule has 2 N–H and O–H groups in total. The van der Waals surface area contributed by atoms with Crippen molar-refractivity contribution in [2.75, 3.05) is 5.32 Å². The van der Waals surface area contributed by atoms with E-state index in [1.54, 1.807) is 12.1 Å². The number of carbonyl (C=O) groups is 1. The summed E-state index contributed by atoms with van der Waals surface area (Å²) in [4.78, 5) is 15.4. The summed E-state index contributed by atoms with van der Waals surface area (Å²) in [5.41, 5.74) is 1.03.